The highest BCUT2D eigenvalue weighted by Gasteiger charge is 2.44. The lowest BCUT2D eigenvalue weighted by molar-refractivity contribution is 0.228. The summed E-state index contributed by atoms with van der Waals surface area (Å²) in [6, 6.07) is 0. The molecule has 0 aromatic heterocycles. The van der Waals surface area contributed by atoms with Crippen molar-refractivity contribution < 1.29 is 37.0 Å². The van der Waals surface area contributed by atoms with Crippen molar-refractivity contribution in [2.75, 3.05) is 0 Å². The van der Waals surface area contributed by atoms with Crippen molar-refractivity contribution in [2.24, 2.45) is 0 Å². The lowest BCUT2D eigenvalue weighted by Crippen LogP contribution is -2.56. The van der Waals surface area contributed by atoms with Gasteiger partial charge in [-0.25, -0.2) is 0 Å². The maximum absolute atomic E-state index is 8.82. The summed E-state index contributed by atoms with van der Waals surface area (Å²) in [5.41, 5.74) is 0. The average molecular weight is 328 g/mol. The second kappa shape index (κ2) is 6.95. The molecule has 19 heavy (non-hydrogen) atoms. The van der Waals surface area contributed by atoms with E-state index in [1.165, 1.54) is 0 Å². The van der Waals surface area contributed by atoms with Gasteiger partial charge in [-0.05, 0) is 39.3 Å². The molecule has 112 valence electrons. The first-order valence-corrected chi connectivity index (χ1v) is 14.2. The van der Waals surface area contributed by atoms with E-state index in [4.69, 9.17) is 37.0 Å². The van der Waals surface area contributed by atoms with E-state index in [0.29, 0.717) is 0 Å². The fraction of sp³-hybridized carbons (Fsp3) is 1.00. The van der Waals surface area contributed by atoms with Crippen LogP contribution in [0.1, 0.15) is 0 Å². The Morgan fingerprint density at radius 2 is 0.842 bits per heavy atom. The molecule has 0 atom stereocenters. The largest absolute Gasteiger partial charge is 0.624 e. The maximum atomic E-state index is 8.82. The van der Waals surface area contributed by atoms with Crippen molar-refractivity contribution in [1.82, 2.24) is 0 Å². The van der Waals surface area contributed by atoms with E-state index in [2.05, 4.69) is 0 Å². The Kier molecular flexibility index (Phi) is 7.12. The minimum atomic E-state index is -2.76. The van der Waals surface area contributed by atoms with Gasteiger partial charge in [0, 0.05) is 0 Å². The van der Waals surface area contributed by atoms with Crippen LogP contribution in [0.25, 0.3) is 0 Å². The molecule has 0 aliphatic rings. The fourth-order valence-electron chi connectivity index (χ4n) is 1.76. The molecular weight excluding hydrogens is 306 g/mol. The summed E-state index contributed by atoms with van der Waals surface area (Å²) in [5, 5.41) is 35.3. The van der Waals surface area contributed by atoms with Gasteiger partial charge in [-0.2, -0.15) is 0 Å². The van der Waals surface area contributed by atoms with Crippen molar-refractivity contribution in [3.63, 3.8) is 0 Å². The Morgan fingerprint density at radius 1 is 0.579 bits per heavy atom. The predicted molar refractivity (Wildman–Crippen MR) is 77.2 cm³/mol. The molecule has 8 nitrogen and oxygen atoms in total. The van der Waals surface area contributed by atoms with E-state index >= 15 is 0 Å². The van der Waals surface area contributed by atoms with Gasteiger partial charge >= 0.3 is 40.3 Å². The molecule has 4 N–H and O–H groups in total. The number of hydrogen-bond acceptors (Lipinski definition) is 8. The Bertz CT molecular complexity index is 262. The summed E-state index contributed by atoms with van der Waals surface area (Å²) >= 11 is 0. The monoisotopic (exact) mass is 328 g/mol. The van der Waals surface area contributed by atoms with Crippen LogP contribution < -0.4 is 0 Å². The second-order valence-corrected chi connectivity index (χ2v) is 15.8. The van der Waals surface area contributed by atoms with Crippen LogP contribution in [0.5, 0.6) is 0 Å². The van der Waals surface area contributed by atoms with Crippen molar-refractivity contribution in [1.29, 1.82) is 0 Å². The molecule has 0 heterocycles. The molecule has 0 aliphatic heterocycles. The third-order valence-corrected chi connectivity index (χ3v) is 11.2. The van der Waals surface area contributed by atoms with Crippen molar-refractivity contribution in [3.8, 4) is 0 Å². The van der Waals surface area contributed by atoms with Crippen LogP contribution in [-0.2, 0) is 16.9 Å². The van der Waals surface area contributed by atoms with Crippen molar-refractivity contribution in [2.45, 2.75) is 39.3 Å². The molecule has 0 spiro atoms. The van der Waals surface area contributed by atoms with Crippen LogP contribution in [0.4, 0.5) is 0 Å². The Morgan fingerprint density at radius 3 is 1.05 bits per heavy atom. The molecule has 0 rings (SSSR count). The van der Waals surface area contributed by atoms with Crippen LogP contribution in [0.2, 0.25) is 39.3 Å². The molecule has 0 saturated carbocycles. The third kappa shape index (κ3) is 9.91. The maximum Gasteiger partial charge on any atom is 0.624 e. The number of rotatable bonds is 8. The van der Waals surface area contributed by atoms with Gasteiger partial charge in [-0.3, -0.25) is 0 Å². The van der Waals surface area contributed by atoms with Gasteiger partial charge in [0.1, 0.15) is 0 Å². The summed E-state index contributed by atoms with van der Waals surface area (Å²) in [7, 11) is -12.0. The topological polar surface area (TPSA) is 118 Å². The van der Waals surface area contributed by atoms with Crippen molar-refractivity contribution >= 4 is 40.3 Å². The summed E-state index contributed by atoms with van der Waals surface area (Å²) in [6.07, 6.45) is 0. The smallest absolute Gasteiger partial charge is 0.416 e. The van der Waals surface area contributed by atoms with E-state index < -0.39 is 40.3 Å². The first-order valence-electron chi connectivity index (χ1n) is 5.73. The van der Waals surface area contributed by atoms with E-state index in [-0.39, 0.29) is 0 Å². The SMILES string of the molecule is C[Si](C)(OB(O)O)O[Si](C)(C)O[Si](C)(C)OB(O)O. The first kappa shape index (κ1) is 19.5. The van der Waals surface area contributed by atoms with E-state index in [1.807, 2.05) is 0 Å². The zero-order chi connectivity index (χ0) is 15.5. The summed E-state index contributed by atoms with van der Waals surface area (Å²) < 4.78 is 21.4. The zero-order valence-corrected chi connectivity index (χ0v) is 15.1. The van der Waals surface area contributed by atoms with Crippen LogP contribution in [0.3, 0.4) is 0 Å². The quantitative estimate of drug-likeness (QED) is 0.423. The van der Waals surface area contributed by atoms with Gasteiger partial charge in [-0.1, -0.05) is 0 Å². The van der Waals surface area contributed by atoms with Gasteiger partial charge in [-0.15, -0.1) is 0 Å². The molecule has 0 aromatic rings. The molecule has 0 aliphatic carbocycles. The molecule has 0 saturated heterocycles. The molecule has 0 amide bonds. The Balaban J connectivity index is 4.62. The molecule has 0 unspecified atom stereocenters. The van der Waals surface area contributed by atoms with Gasteiger partial charge in [0.25, 0.3) is 0 Å². The van der Waals surface area contributed by atoms with E-state index in [1.54, 1.807) is 39.3 Å². The highest BCUT2D eigenvalue weighted by Crippen LogP contribution is 2.21. The first-order chi connectivity index (χ1) is 8.25. The Labute approximate surface area is 117 Å². The van der Waals surface area contributed by atoms with Crippen LogP contribution in [0, 0.1) is 0 Å². The highest BCUT2D eigenvalue weighted by atomic mass is 28.5. The molecule has 0 radical (unpaired) electrons. The minimum absolute atomic E-state index is 1.65. The fourth-order valence-corrected chi connectivity index (χ4v) is 13.2. The second-order valence-electron chi connectivity index (χ2n) is 5.29. The van der Waals surface area contributed by atoms with Gasteiger partial charge in [0.2, 0.25) is 0 Å². The minimum Gasteiger partial charge on any atom is -0.416 e. The van der Waals surface area contributed by atoms with Gasteiger partial charge in [0.15, 0.2) is 0 Å². The third-order valence-electron chi connectivity index (χ3n) is 1.76. The normalized spacial score (nSPS) is 13.6. The molecule has 13 heteroatoms. The number of hydrogen-bond donors (Lipinski definition) is 4. The Hall–Kier alpha value is 0.461. The summed E-state index contributed by atoms with van der Waals surface area (Å²) in [6.45, 7) is 10.1. The molecule has 0 aromatic carbocycles. The molecular formula is C6H22B2O8Si3. The van der Waals surface area contributed by atoms with E-state index in [0.717, 1.165) is 0 Å². The van der Waals surface area contributed by atoms with E-state index in [9.17, 15) is 0 Å². The zero-order valence-electron chi connectivity index (χ0n) is 12.1. The summed E-state index contributed by atoms with van der Waals surface area (Å²) in [5.74, 6) is 0. The highest BCUT2D eigenvalue weighted by molar-refractivity contribution is 6.86. The summed E-state index contributed by atoms with van der Waals surface area (Å²) in [4.78, 5) is 0. The molecule has 0 fully saturated rings. The van der Waals surface area contributed by atoms with Crippen LogP contribution in [-0.4, -0.2) is 60.4 Å². The lowest BCUT2D eigenvalue weighted by atomic mass is 10.3. The van der Waals surface area contributed by atoms with Crippen molar-refractivity contribution in [3.05, 3.63) is 0 Å². The lowest BCUT2D eigenvalue weighted by Gasteiger charge is -2.37. The predicted octanol–water partition coefficient (Wildman–Crippen LogP) is -0.903. The van der Waals surface area contributed by atoms with Crippen LogP contribution >= 0.6 is 0 Å². The molecule has 0 bridgehead atoms. The van der Waals surface area contributed by atoms with Crippen LogP contribution in [0.15, 0.2) is 0 Å². The van der Waals surface area contributed by atoms with Gasteiger partial charge < -0.3 is 37.0 Å². The average Bonchev–Trinajstić information content (AvgIpc) is 1.89. The van der Waals surface area contributed by atoms with Gasteiger partial charge in [0.05, 0.1) is 0 Å². The standard InChI is InChI=1S/C6H22B2O8Si3/c1-17(2,13-7(9)10)15-19(5,6)16-18(3,4)14-8(11)12/h9-12H,1-6H3.